The number of aliphatic hydroxyl groups is 2. The van der Waals surface area contributed by atoms with E-state index in [-0.39, 0.29) is 30.5 Å². The van der Waals surface area contributed by atoms with Gasteiger partial charge in [-0.2, -0.15) is 26.3 Å². The van der Waals surface area contributed by atoms with Crippen molar-refractivity contribution in [1.29, 1.82) is 0 Å². The Balaban J connectivity index is 2.07. The summed E-state index contributed by atoms with van der Waals surface area (Å²) in [5.41, 5.74) is -1.46. The van der Waals surface area contributed by atoms with Crippen molar-refractivity contribution in [3.63, 3.8) is 0 Å². The summed E-state index contributed by atoms with van der Waals surface area (Å²) in [4.78, 5) is 12.5. The van der Waals surface area contributed by atoms with Gasteiger partial charge in [-0.25, -0.2) is 12.8 Å². The molecule has 0 saturated carbocycles. The number of carbonyl (C=O) groups is 1. The van der Waals surface area contributed by atoms with Gasteiger partial charge in [-0.15, -0.1) is 0 Å². The largest absolute Gasteiger partial charge is 0.430 e. The lowest BCUT2D eigenvalue weighted by atomic mass is 9.87. The predicted molar refractivity (Wildman–Crippen MR) is 140 cm³/mol. The van der Waals surface area contributed by atoms with Gasteiger partial charge in [-0.05, 0) is 48.7 Å². The average Bonchev–Trinajstić information content (AvgIpc) is 2.93. The fourth-order valence-electron chi connectivity index (χ4n) is 4.76. The third-order valence-electron chi connectivity index (χ3n) is 7.00. The van der Waals surface area contributed by atoms with Crippen LogP contribution in [0.4, 0.5) is 36.4 Å². The van der Waals surface area contributed by atoms with Gasteiger partial charge in [0.2, 0.25) is 5.91 Å². The molecule has 9 nitrogen and oxygen atoms in total. The van der Waals surface area contributed by atoms with Crippen LogP contribution in [0.15, 0.2) is 59.3 Å². The number of amides is 1. The summed E-state index contributed by atoms with van der Waals surface area (Å²) in [5, 5.41) is 24.8. The van der Waals surface area contributed by atoms with Crippen molar-refractivity contribution < 1.29 is 54.2 Å². The molecule has 238 valence electrons. The van der Waals surface area contributed by atoms with Gasteiger partial charge >= 0.3 is 12.4 Å². The van der Waals surface area contributed by atoms with E-state index in [1.807, 2.05) is 0 Å². The standard InChI is InChI=1S/C26H29F7N4O5S/c1-35-18(13-34)11-19(14-38)36-23(39)12-20-6-2-15-10-16(24(40,25(28,29)30)26(31,32)33)3-9-22(15)37(20)43(41,42)21-7-4-17(27)5-8-21/h3-5,7-10,13,19-20,35,38,40H,2,6,11-12,14,34H2,1H3,(H,36,39)/b18-13-/t19-,20-/m0/s1. The molecule has 0 unspecified atom stereocenters. The summed E-state index contributed by atoms with van der Waals surface area (Å²) in [6.45, 7) is -0.514. The molecule has 1 aliphatic heterocycles. The Bertz CT molecular complexity index is 1430. The van der Waals surface area contributed by atoms with Gasteiger partial charge in [0.1, 0.15) is 5.82 Å². The zero-order chi connectivity index (χ0) is 32.4. The highest BCUT2D eigenvalue weighted by molar-refractivity contribution is 7.92. The summed E-state index contributed by atoms with van der Waals surface area (Å²) in [6.07, 6.45) is -12.0. The molecule has 1 heterocycles. The number of fused-ring (bicyclic) bond motifs is 1. The zero-order valence-corrected chi connectivity index (χ0v) is 23.3. The SMILES string of the molecule is CN/C(=C\N)C[C@@H](CO)NC(=O)C[C@@H]1CCc2cc(C(O)(C(F)(F)F)C(F)(F)F)ccc2N1S(=O)(=O)c1ccc(F)cc1. The molecule has 1 amide bonds. The molecular weight excluding hydrogens is 613 g/mol. The minimum atomic E-state index is -6.16. The quantitative estimate of drug-likeness (QED) is 0.251. The summed E-state index contributed by atoms with van der Waals surface area (Å²) < 4.78 is 123. The molecule has 43 heavy (non-hydrogen) atoms. The molecule has 3 rings (SSSR count). The Morgan fingerprint density at radius 2 is 1.72 bits per heavy atom. The second-order valence-electron chi connectivity index (χ2n) is 9.79. The third-order valence-corrected chi connectivity index (χ3v) is 8.88. The van der Waals surface area contributed by atoms with Crippen LogP contribution in [-0.4, -0.2) is 62.6 Å². The smallest absolute Gasteiger partial charge is 0.403 e. The number of sulfonamides is 1. The zero-order valence-electron chi connectivity index (χ0n) is 22.5. The first-order chi connectivity index (χ1) is 19.9. The lowest BCUT2D eigenvalue weighted by Crippen LogP contribution is -2.54. The van der Waals surface area contributed by atoms with Crippen LogP contribution in [0.5, 0.6) is 0 Å². The fraction of sp³-hybridized carbons (Fsp3) is 0.423. The van der Waals surface area contributed by atoms with Crippen molar-refractivity contribution >= 4 is 21.6 Å². The maximum Gasteiger partial charge on any atom is 0.430 e. The molecule has 2 atom stereocenters. The molecule has 2 aromatic rings. The van der Waals surface area contributed by atoms with E-state index >= 15 is 0 Å². The number of hydrogen-bond donors (Lipinski definition) is 5. The maximum absolute atomic E-state index is 13.7. The number of alkyl halides is 6. The Morgan fingerprint density at radius 3 is 2.23 bits per heavy atom. The Morgan fingerprint density at radius 1 is 1.12 bits per heavy atom. The number of carbonyl (C=O) groups excluding carboxylic acids is 1. The number of nitrogens with zero attached hydrogens (tertiary/aromatic N) is 1. The topological polar surface area (TPSA) is 145 Å². The second kappa shape index (κ2) is 12.6. The van der Waals surface area contributed by atoms with Crippen molar-refractivity contribution in [2.45, 2.75) is 60.6 Å². The molecule has 0 radical (unpaired) electrons. The molecule has 17 heteroatoms. The maximum atomic E-state index is 13.7. The molecule has 0 aliphatic carbocycles. The van der Waals surface area contributed by atoms with Crippen LogP contribution in [0.1, 0.15) is 30.4 Å². The first-order valence-corrected chi connectivity index (χ1v) is 14.1. The summed E-state index contributed by atoms with van der Waals surface area (Å²) in [6, 6.07) is 2.92. The first kappa shape index (κ1) is 33.9. The van der Waals surface area contributed by atoms with E-state index in [9.17, 15) is 54.2 Å². The summed E-state index contributed by atoms with van der Waals surface area (Å²) >= 11 is 0. The minimum absolute atomic E-state index is 0.0877. The summed E-state index contributed by atoms with van der Waals surface area (Å²) in [7, 11) is -3.10. The lowest BCUT2D eigenvalue weighted by Gasteiger charge is -2.39. The molecule has 1 aliphatic rings. The Labute approximate surface area is 242 Å². The third kappa shape index (κ3) is 6.83. The van der Waals surface area contributed by atoms with Gasteiger partial charge < -0.3 is 26.6 Å². The van der Waals surface area contributed by atoms with Gasteiger partial charge in [0.05, 0.1) is 29.3 Å². The monoisotopic (exact) mass is 642 g/mol. The van der Waals surface area contributed by atoms with Crippen molar-refractivity contribution in [3.8, 4) is 0 Å². The predicted octanol–water partition coefficient (Wildman–Crippen LogP) is 2.92. The Kier molecular flexibility index (Phi) is 9.92. The number of hydrogen-bond acceptors (Lipinski definition) is 7. The van der Waals surface area contributed by atoms with Gasteiger partial charge in [0, 0.05) is 37.3 Å². The van der Waals surface area contributed by atoms with E-state index in [1.165, 1.54) is 6.20 Å². The number of halogens is 7. The number of nitrogens with one attached hydrogen (secondary N) is 2. The summed E-state index contributed by atoms with van der Waals surface area (Å²) in [5.74, 6) is -1.50. The fourth-order valence-corrected chi connectivity index (χ4v) is 6.48. The molecule has 0 bridgehead atoms. The Hall–Kier alpha value is -3.57. The van der Waals surface area contributed by atoms with Crippen molar-refractivity contribution in [2.24, 2.45) is 5.73 Å². The van der Waals surface area contributed by atoms with E-state index in [4.69, 9.17) is 5.73 Å². The second-order valence-corrected chi connectivity index (χ2v) is 11.6. The van der Waals surface area contributed by atoms with Gasteiger partial charge in [-0.1, -0.05) is 12.1 Å². The highest BCUT2D eigenvalue weighted by atomic mass is 32.2. The molecule has 6 N–H and O–H groups in total. The van der Waals surface area contributed by atoms with Gasteiger partial charge in [0.25, 0.3) is 15.6 Å². The van der Waals surface area contributed by atoms with Crippen molar-refractivity contribution in [2.75, 3.05) is 18.0 Å². The van der Waals surface area contributed by atoms with Crippen molar-refractivity contribution in [3.05, 3.63) is 71.3 Å². The van der Waals surface area contributed by atoms with Crippen molar-refractivity contribution in [1.82, 2.24) is 10.6 Å². The number of nitrogens with two attached hydrogens (primary N) is 1. The average molecular weight is 643 g/mol. The molecule has 2 aromatic carbocycles. The van der Waals surface area contributed by atoms with E-state index < -0.39 is 75.3 Å². The van der Waals surface area contributed by atoms with Crippen LogP contribution >= 0.6 is 0 Å². The number of rotatable bonds is 10. The number of aliphatic hydroxyl groups excluding tert-OH is 1. The van der Waals surface area contributed by atoms with Crippen LogP contribution in [0, 0.1) is 5.82 Å². The van der Waals surface area contributed by atoms with Crippen LogP contribution in [0.25, 0.3) is 0 Å². The molecule has 0 fully saturated rings. The highest BCUT2D eigenvalue weighted by Crippen LogP contribution is 2.51. The van der Waals surface area contributed by atoms with Crippen LogP contribution < -0.4 is 20.7 Å². The molecular formula is C26H29F7N4O5S. The van der Waals surface area contributed by atoms with Crippen LogP contribution in [-0.2, 0) is 26.8 Å². The normalized spacial score (nSPS) is 17.3. The van der Waals surface area contributed by atoms with E-state index in [0.29, 0.717) is 28.2 Å². The van der Waals surface area contributed by atoms with Crippen LogP contribution in [0.2, 0.25) is 0 Å². The number of benzene rings is 2. The van der Waals surface area contributed by atoms with E-state index in [0.717, 1.165) is 24.3 Å². The van der Waals surface area contributed by atoms with Gasteiger partial charge in [0.15, 0.2) is 0 Å². The number of anilines is 1. The highest BCUT2D eigenvalue weighted by Gasteiger charge is 2.71. The molecule has 0 spiro atoms. The lowest BCUT2D eigenvalue weighted by molar-refractivity contribution is -0.376. The van der Waals surface area contributed by atoms with Gasteiger partial charge in [-0.3, -0.25) is 9.10 Å². The molecule has 0 aromatic heterocycles. The minimum Gasteiger partial charge on any atom is -0.403 e. The van der Waals surface area contributed by atoms with E-state index in [1.54, 1.807) is 7.05 Å². The number of aryl methyl sites for hydroxylation is 1. The van der Waals surface area contributed by atoms with Crippen LogP contribution in [0.3, 0.4) is 0 Å². The molecule has 0 saturated heterocycles. The first-order valence-electron chi connectivity index (χ1n) is 12.7. The van der Waals surface area contributed by atoms with E-state index in [2.05, 4.69) is 10.6 Å².